The zero-order valence-corrected chi connectivity index (χ0v) is 13.6. The molecule has 2 aromatic carbocycles. The predicted molar refractivity (Wildman–Crippen MR) is 89.0 cm³/mol. The Labute approximate surface area is 141 Å². The van der Waals surface area contributed by atoms with Gasteiger partial charge >= 0.3 is 0 Å². The molecule has 0 aliphatic rings. The number of methoxy groups -OCH3 is 2. The summed E-state index contributed by atoms with van der Waals surface area (Å²) in [5.41, 5.74) is 0.494. The van der Waals surface area contributed by atoms with Crippen LogP contribution < -0.4 is 14.8 Å². The Morgan fingerprint density at radius 3 is 2.54 bits per heavy atom. The molecule has 0 spiro atoms. The summed E-state index contributed by atoms with van der Waals surface area (Å²) >= 11 is 6.01. The molecule has 2 N–H and O–H groups in total. The molecule has 0 saturated carbocycles. The number of nitrogens with zero attached hydrogens (tertiary/aromatic N) is 2. The molecule has 0 radical (unpaired) electrons. The lowest BCUT2D eigenvalue weighted by atomic mass is 10.2. The number of phenolic OH excluding ortho intramolecular Hbond substituents is 1. The van der Waals surface area contributed by atoms with Crippen molar-refractivity contribution in [2.45, 2.75) is 0 Å². The molecule has 124 valence electrons. The summed E-state index contributed by atoms with van der Waals surface area (Å²) in [7, 11) is 3.03. The Bertz CT molecular complexity index is 921. The van der Waals surface area contributed by atoms with E-state index in [1.165, 1.54) is 32.7 Å². The van der Waals surface area contributed by atoms with Crippen LogP contribution in [0.3, 0.4) is 0 Å². The molecule has 1 aromatic heterocycles. The average molecular weight is 350 g/mol. The van der Waals surface area contributed by atoms with E-state index in [0.29, 0.717) is 28.2 Å². The molecule has 0 atom stereocenters. The zero-order valence-electron chi connectivity index (χ0n) is 12.8. The molecule has 3 aromatic rings. The van der Waals surface area contributed by atoms with Crippen LogP contribution in [0.4, 0.5) is 15.9 Å². The first-order valence-electron chi connectivity index (χ1n) is 6.86. The van der Waals surface area contributed by atoms with Crippen LogP contribution >= 0.6 is 11.6 Å². The molecule has 0 unspecified atom stereocenters. The van der Waals surface area contributed by atoms with Gasteiger partial charge in [0.2, 0.25) is 0 Å². The molecule has 0 amide bonds. The number of anilines is 2. The van der Waals surface area contributed by atoms with Crippen LogP contribution in [-0.4, -0.2) is 29.3 Å². The van der Waals surface area contributed by atoms with E-state index >= 15 is 0 Å². The van der Waals surface area contributed by atoms with Crippen molar-refractivity contribution in [3.63, 3.8) is 0 Å². The van der Waals surface area contributed by atoms with Crippen molar-refractivity contribution in [3.05, 3.63) is 41.4 Å². The molecule has 0 fully saturated rings. The van der Waals surface area contributed by atoms with Crippen LogP contribution in [0, 0.1) is 5.82 Å². The highest BCUT2D eigenvalue weighted by Crippen LogP contribution is 2.37. The second kappa shape index (κ2) is 6.37. The summed E-state index contributed by atoms with van der Waals surface area (Å²) in [6.45, 7) is 0. The quantitative estimate of drug-likeness (QED) is 0.744. The summed E-state index contributed by atoms with van der Waals surface area (Å²) < 4.78 is 24.6. The molecule has 8 heteroatoms. The highest BCUT2D eigenvalue weighted by atomic mass is 35.5. The maximum absolute atomic E-state index is 14.1. The van der Waals surface area contributed by atoms with Crippen LogP contribution in [0.5, 0.6) is 17.2 Å². The maximum Gasteiger partial charge on any atom is 0.189 e. The summed E-state index contributed by atoms with van der Waals surface area (Å²) in [6, 6.07) is 5.91. The number of aromatic hydroxyl groups is 1. The lowest BCUT2D eigenvalue weighted by molar-refractivity contribution is 0.356. The molecule has 0 aliphatic heterocycles. The summed E-state index contributed by atoms with van der Waals surface area (Å²) in [4.78, 5) is 8.29. The first kappa shape index (κ1) is 16.1. The van der Waals surface area contributed by atoms with E-state index in [-0.39, 0.29) is 10.7 Å². The molecule has 3 rings (SSSR count). The van der Waals surface area contributed by atoms with Gasteiger partial charge in [-0.1, -0.05) is 11.6 Å². The van der Waals surface area contributed by atoms with Crippen molar-refractivity contribution in [3.8, 4) is 17.2 Å². The molecular formula is C16H13ClFN3O3. The van der Waals surface area contributed by atoms with Gasteiger partial charge in [-0.25, -0.2) is 14.4 Å². The fourth-order valence-corrected chi connectivity index (χ4v) is 2.45. The number of rotatable bonds is 4. The van der Waals surface area contributed by atoms with E-state index in [9.17, 15) is 9.50 Å². The molecule has 0 aliphatic carbocycles. The van der Waals surface area contributed by atoms with E-state index in [4.69, 9.17) is 21.1 Å². The predicted octanol–water partition coefficient (Wildman–Crippen LogP) is 3.89. The zero-order chi connectivity index (χ0) is 17.3. The minimum atomic E-state index is -0.866. The number of ether oxygens (including phenoxy) is 2. The van der Waals surface area contributed by atoms with Gasteiger partial charge in [-0.15, -0.1) is 0 Å². The normalized spacial score (nSPS) is 10.7. The van der Waals surface area contributed by atoms with Crippen LogP contribution in [0.25, 0.3) is 10.9 Å². The maximum atomic E-state index is 14.1. The number of hydrogen-bond donors (Lipinski definition) is 2. The van der Waals surface area contributed by atoms with E-state index in [1.54, 1.807) is 12.1 Å². The summed E-state index contributed by atoms with van der Waals surface area (Å²) in [5.74, 6) is -0.0804. The number of benzene rings is 2. The Balaban J connectivity index is 2.16. The van der Waals surface area contributed by atoms with E-state index < -0.39 is 11.6 Å². The Hall–Kier alpha value is -2.80. The minimum absolute atomic E-state index is 0.0774. The third kappa shape index (κ3) is 2.74. The Morgan fingerprint density at radius 1 is 1.12 bits per heavy atom. The van der Waals surface area contributed by atoms with Gasteiger partial charge in [0.05, 0.1) is 30.4 Å². The van der Waals surface area contributed by atoms with Gasteiger partial charge < -0.3 is 19.9 Å². The van der Waals surface area contributed by atoms with Crippen molar-refractivity contribution in [1.82, 2.24) is 9.97 Å². The highest BCUT2D eigenvalue weighted by molar-refractivity contribution is 6.33. The van der Waals surface area contributed by atoms with Gasteiger partial charge in [-0.3, -0.25) is 0 Å². The number of phenols is 1. The van der Waals surface area contributed by atoms with Crippen LogP contribution in [0.15, 0.2) is 30.6 Å². The van der Waals surface area contributed by atoms with Gasteiger partial charge in [-0.2, -0.15) is 0 Å². The lowest BCUT2D eigenvalue weighted by Gasteiger charge is -2.13. The smallest absolute Gasteiger partial charge is 0.189 e. The van der Waals surface area contributed by atoms with E-state index in [1.807, 2.05) is 0 Å². The van der Waals surface area contributed by atoms with Crippen molar-refractivity contribution in [1.29, 1.82) is 0 Å². The first-order valence-corrected chi connectivity index (χ1v) is 7.23. The first-order chi connectivity index (χ1) is 11.5. The SMILES string of the molecule is COc1cc2ncnc(Nc3c(Cl)ccc(O)c3F)c2cc1OC. The Morgan fingerprint density at radius 2 is 1.83 bits per heavy atom. The van der Waals surface area contributed by atoms with Crippen molar-refractivity contribution in [2.24, 2.45) is 0 Å². The number of nitrogens with one attached hydrogen (secondary N) is 1. The van der Waals surface area contributed by atoms with Crippen molar-refractivity contribution >= 4 is 34.0 Å². The van der Waals surface area contributed by atoms with Crippen LogP contribution in [-0.2, 0) is 0 Å². The van der Waals surface area contributed by atoms with Crippen LogP contribution in [0.1, 0.15) is 0 Å². The summed E-state index contributed by atoms with van der Waals surface area (Å²) in [6.07, 6.45) is 1.32. The van der Waals surface area contributed by atoms with Gasteiger partial charge in [-0.05, 0) is 18.2 Å². The number of hydrogen-bond acceptors (Lipinski definition) is 6. The molecule has 1 heterocycles. The number of halogens is 2. The second-order valence-electron chi connectivity index (χ2n) is 4.83. The lowest BCUT2D eigenvalue weighted by Crippen LogP contribution is -2.00. The van der Waals surface area contributed by atoms with E-state index in [0.717, 1.165) is 0 Å². The third-order valence-electron chi connectivity index (χ3n) is 3.45. The molecule has 0 bridgehead atoms. The van der Waals surface area contributed by atoms with Gasteiger partial charge in [0.1, 0.15) is 12.1 Å². The molecule has 6 nitrogen and oxygen atoms in total. The third-order valence-corrected chi connectivity index (χ3v) is 3.77. The Kier molecular flexibility index (Phi) is 4.26. The number of fused-ring (bicyclic) bond motifs is 1. The highest BCUT2D eigenvalue weighted by Gasteiger charge is 2.16. The largest absolute Gasteiger partial charge is 0.505 e. The summed E-state index contributed by atoms with van der Waals surface area (Å²) in [5, 5.41) is 13.0. The van der Waals surface area contributed by atoms with Gasteiger partial charge in [0.25, 0.3) is 0 Å². The molecule has 0 saturated heterocycles. The standard InChI is InChI=1S/C16H13ClFN3O3/c1-23-12-5-8-10(6-13(12)24-2)19-7-20-16(8)21-15-9(17)3-4-11(22)14(15)18/h3-7,22H,1-2H3,(H,19,20,21). The molecule has 24 heavy (non-hydrogen) atoms. The van der Waals surface area contributed by atoms with Gasteiger partial charge in [0, 0.05) is 11.5 Å². The van der Waals surface area contributed by atoms with Crippen molar-refractivity contribution in [2.75, 3.05) is 19.5 Å². The van der Waals surface area contributed by atoms with E-state index in [2.05, 4.69) is 15.3 Å². The minimum Gasteiger partial charge on any atom is -0.505 e. The average Bonchev–Trinajstić information content (AvgIpc) is 2.60. The van der Waals surface area contributed by atoms with Crippen LogP contribution in [0.2, 0.25) is 5.02 Å². The number of aromatic nitrogens is 2. The van der Waals surface area contributed by atoms with Crippen molar-refractivity contribution < 1.29 is 19.0 Å². The fraction of sp³-hybridized carbons (Fsp3) is 0.125. The molecular weight excluding hydrogens is 337 g/mol. The topological polar surface area (TPSA) is 76.5 Å². The van der Waals surface area contributed by atoms with Gasteiger partial charge in [0.15, 0.2) is 23.1 Å². The second-order valence-corrected chi connectivity index (χ2v) is 5.23. The fourth-order valence-electron chi connectivity index (χ4n) is 2.26. The monoisotopic (exact) mass is 349 g/mol.